The molecule has 0 aliphatic carbocycles. The first-order chi connectivity index (χ1) is 15.9. The number of likely N-dealkylation sites (tertiary alicyclic amines) is 1. The van der Waals surface area contributed by atoms with Gasteiger partial charge in [0.25, 0.3) is 0 Å². The van der Waals surface area contributed by atoms with Crippen molar-refractivity contribution in [3.05, 3.63) is 47.8 Å². The number of fused-ring (bicyclic) bond motifs is 1. The summed E-state index contributed by atoms with van der Waals surface area (Å²) in [5, 5.41) is 6.44. The van der Waals surface area contributed by atoms with Gasteiger partial charge in [-0.3, -0.25) is 5.32 Å². The van der Waals surface area contributed by atoms with E-state index in [1.807, 2.05) is 44.2 Å². The number of benzene rings is 2. The van der Waals surface area contributed by atoms with Gasteiger partial charge in [-0.15, -0.1) is 0 Å². The second-order valence-electron chi connectivity index (χ2n) is 8.65. The van der Waals surface area contributed by atoms with Crippen molar-refractivity contribution in [2.75, 3.05) is 44.5 Å². The largest absolute Gasteiger partial charge is 0.493 e. The fourth-order valence-electron chi connectivity index (χ4n) is 4.14. The van der Waals surface area contributed by atoms with E-state index < -0.39 is 0 Å². The summed E-state index contributed by atoms with van der Waals surface area (Å²) in [5.41, 5.74) is 3.44. The summed E-state index contributed by atoms with van der Waals surface area (Å²) in [6.45, 7) is 6.75. The molecule has 3 aromatic rings. The van der Waals surface area contributed by atoms with Crippen LogP contribution in [0.1, 0.15) is 24.0 Å². The van der Waals surface area contributed by atoms with Crippen molar-refractivity contribution in [2.45, 2.75) is 26.7 Å². The molecule has 0 atom stereocenters. The predicted octanol–water partition coefficient (Wildman–Crippen LogP) is 4.62. The van der Waals surface area contributed by atoms with Gasteiger partial charge >= 0.3 is 6.03 Å². The quantitative estimate of drug-likeness (QED) is 0.571. The van der Waals surface area contributed by atoms with Crippen LogP contribution < -0.4 is 20.1 Å². The molecule has 1 aliphatic rings. The van der Waals surface area contributed by atoms with Crippen LogP contribution in [0.3, 0.4) is 0 Å². The molecule has 2 N–H and O–H groups in total. The van der Waals surface area contributed by atoms with Gasteiger partial charge < -0.3 is 19.7 Å². The Morgan fingerprint density at radius 3 is 2.52 bits per heavy atom. The zero-order valence-electron chi connectivity index (χ0n) is 19.6. The smallest absolute Gasteiger partial charge is 0.324 e. The Labute approximate surface area is 194 Å². The second kappa shape index (κ2) is 10.0. The topological polar surface area (TPSA) is 88.6 Å². The zero-order valence-corrected chi connectivity index (χ0v) is 19.6. The number of carbonyl (C=O) groups excluding carboxylic acids is 1. The van der Waals surface area contributed by atoms with Crippen molar-refractivity contribution in [2.24, 2.45) is 5.92 Å². The number of carbonyl (C=O) groups is 1. The molecule has 1 fully saturated rings. The average Bonchev–Trinajstić information content (AvgIpc) is 2.81. The Hall–Kier alpha value is -3.39. The van der Waals surface area contributed by atoms with Crippen molar-refractivity contribution >= 4 is 28.4 Å². The van der Waals surface area contributed by atoms with Gasteiger partial charge in [-0.25, -0.2) is 14.8 Å². The van der Waals surface area contributed by atoms with Crippen LogP contribution in [0, 0.1) is 19.8 Å². The fourth-order valence-corrected chi connectivity index (χ4v) is 4.14. The number of amides is 2. The Bertz CT molecular complexity index is 1120. The van der Waals surface area contributed by atoms with E-state index in [-0.39, 0.29) is 6.03 Å². The number of para-hydroxylation sites is 1. The van der Waals surface area contributed by atoms with Gasteiger partial charge in [0.1, 0.15) is 12.1 Å². The molecule has 1 saturated heterocycles. The van der Waals surface area contributed by atoms with Crippen molar-refractivity contribution in [1.82, 2.24) is 14.9 Å². The summed E-state index contributed by atoms with van der Waals surface area (Å²) in [6, 6.07) is 9.17. The van der Waals surface area contributed by atoms with E-state index in [4.69, 9.17) is 9.47 Å². The molecule has 33 heavy (non-hydrogen) atoms. The number of nitrogens with zero attached hydrogens (tertiary/aromatic N) is 3. The van der Waals surface area contributed by atoms with Crippen molar-refractivity contribution in [3.63, 3.8) is 0 Å². The zero-order chi connectivity index (χ0) is 23.4. The van der Waals surface area contributed by atoms with Gasteiger partial charge in [0.15, 0.2) is 11.5 Å². The van der Waals surface area contributed by atoms with E-state index in [2.05, 4.69) is 32.5 Å². The molecule has 0 unspecified atom stereocenters. The standard InChI is InChI=1S/C25H31N5O3/c1-16-6-5-7-17(2)23(16)28-25(31)29-24-19-12-21(32-4)22(13-20(19)26-15-27-24)33-14-18-8-10-30(3)11-9-18/h5-7,12-13,15,18H,8-11,14H2,1-4H3,(H2,26,27,28,29,31). The lowest BCUT2D eigenvalue weighted by atomic mass is 9.98. The van der Waals surface area contributed by atoms with Crippen LogP contribution in [-0.4, -0.2) is 54.8 Å². The lowest BCUT2D eigenvalue weighted by molar-refractivity contribution is 0.157. The molecule has 0 radical (unpaired) electrons. The highest BCUT2D eigenvalue weighted by Crippen LogP contribution is 2.34. The number of piperidine rings is 1. The fraction of sp³-hybridized carbons (Fsp3) is 0.400. The van der Waals surface area contributed by atoms with E-state index in [0.717, 1.165) is 42.7 Å². The Balaban J connectivity index is 1.52. The molecule has 0 bridgehead atoms. The second-order valence-corrected chi connectivity index (χ2v) is 8.65. The van der Waals surface area contributed by atoms with Crippen LogP contribution in [0.4, 0.5) is 16.3 Å². The van der Waals surface area contributed by atoms with Gasteiger partial charge in [-0.1, -0.05) is 18.2 Å². The predicted molar refractivity (Wildman–Crippen MR) is 130 cm³/mol. The number of aryl methyl sites for hydroxylation is 2. The van der Waals surface area contributed by atoms with Crippen LogP contribution in [0.15, 0.2) is 36.7 Å². The lowest BCUT2D eigenvalue weighted by Gasteiger charge is -2.28. The number of anilines is 2. The van der Waals surface area contributed by atoms with Gasteiger partial charge in [0.05, 0.1) is 19.2 Å². The highest BCUT2D eigenvalue weighted by atomic mass is 16.5. The number of ether oxygens (including phenoxy) is 2. The minimum atomic E-state index is -0.367. The van der Waals surface area contributed by atoms with E-state index in [1.165, 1.54) is 6.33 Å². The maximum absolute atomic E-state index is 12.7. The highest BCUT2D eigenvalue weighted by Gasteiger charge is 2.19. The van der Waals surface area contributed by atoms with Crippen LogP contribution in [0.2, 0.25) is 0 Å². The minimum Gasteiger partial charge on any atom is -0.493 e. The third kappa shape index (κ3) is 5.34. The number of hydrogen-bond acceptors (Lipinski definition) is 6. The summed E-state index contributed by atoms with van der Waals surface area (Å²) < 4.78 is 11.7. The number of nitrogens with one attached hydrogen (secondary N) is 2. The van der Waals surface area contributed by atoms with Crippen LogP contribution in [0.5, 0.6) is 11.5 Å². The molecule has 2 heterocycles. The normalized spacial score (nSPS) is 14.8. The maximum Gasteiger partial charge on any atom is 0.324 e. The van der Waals surface area contributed by atoms with Crippen molar-refractivity contribution in [3.8, 4) is 11.5 Å². The molecular weight excluding hydrogens is 418 g/mol. The molecule has 4 rings (SSSR count). The molecule has 0 spiro atoms. The van der Waals surface area contributed by atoms with Gasteiger partial charge in [-0.2, -0.15) is 0 Å². The summed E-state index contributed by atoms with van der Waals surface area (Å²) in [5.74, 6) is 2.17. The minimum absolute atomic E-state index is 0.367. The number of methoxy groups -OCH3 is 1. The molecule has 174 valence electrons. The van der Waals surface area contributed by atoms with E-state index in [0.29, 0.717) is 40.7 Å². The number of aromatic nitrogens is 2. The van der Waals surface area contributed by atoms with Gasteiger partial charge in [0.2, 0.25) is 0 Å². The first-order valence-electron chi connectivity index (χ1n) is 11.2. The van der Waals surface area contributed by atoms with Crippen LogP contribution in [-0.2, 0) is 0 Å². The Morgan fingerprint density at radius 1 is 1.09 bits per heavy atom. The van der Waals surface area contributed by atoms with Crippen molar-refractivity contribution in [1.29, 1.82) is 0 Å². The monoisotopic (exact) mass is 449 g/mol. The summed E-state index contributed by atoms with van der Waals surface area (Å²) in [7, 11) is 3.76. The maximum atomic E-state index is 12.7. The number of rotatable bonds is 6. The molecular formula is C25H31N5O3. The molecule has 8 nitrogen and oxygen atoms in total. The van der Waals surface area contributed by atoms with E-state index in [1.54, 1.807) is 7.11 Å². The summed E-state index contributed by atoms with van der Waals surface area (Å²) >= 11 is 0. The summed E-state index contributed by atoms with van der Waals surface area (Å²) in [4.78, 5) is 23.7. The lowest BCUT2D eigenvalue weighted by Crippen LogP contribution is -2.32. The Kier molecular flexibility index (Phi) is 6.93. The first-order valence-corrected chi connectivity index (χ1v) is 11.2. The SMILES string of the molecule is COc1cc2c(NC(=O)Nc3c(C)cccc3C)ncnc2cc1OCC1CCN(C)CC1. The van der Waals surface area contributed by atoms with E-state index >= 15 is 0 Å². The van der Waals surface area contributed by atoms with Gasteiger partial charge in [-0.05, 0) is 69.9 Å². The molecule has 1 aliphatic heterocycles. The third-order valence-electron chi connectivity index (χ3n) is 6.19. The molecule has 2 amide bonds. The molecule has 1 aromatic heterocycles. The molecule has 0 saturated carbocycles. The van der Waals surface area contributed by atoms with Crippen LogP contribution in [0.25, 0.3) is 10.9 Å². The van der Waals surface area contributed by atoms with E-state index in [9.17, 15) is 4.79 Å². The van der Waals surface area contributed by atoms with Gasteiger partial charge in [0, 0.05) is 17.1 Å². The van der Waals surface area contributed by atoms with Crippen molar-refractivity contribution < 1.29 is 14.3 Å². The highest BCUT2D eigenvalue weighted by molar-refractivity contribution is 6.05. The molecule has 2 aromatic carbocycles. The first kappa shape index (κ1) is 22.8. The number of urea groups is 1. The Morgan fingerprint density at radius 2 is 1.82 bits per heavy atom. The molecule has 8 heteroatoms. The summed E-state index contributed by atoms with van der Waals surface area (Å²) in [6.07, 6.45) is 3.68. The number of hydrogen-bond donors (Lipinski definition) is 2. The third-order valence-corrected chi connectivity index (χ3v) is 6.19. The van der Waals surface area contributed by atoms with Crippen LogP contribution >= 0.6 is 0 Å². The average molecular weight is 450 g/mol.